The van der Waals surface area contributed by atoms with Crippen LogP contribution in [0, 0.1) is 19.8 Å². The first-order chi connectivity index (χ1) is 10.8. The van der Waals surface area contributed by atoms with Crippen LogP contribution in [0.3, 0.4) is 0 Å². The molecule has 3 heterocycles. The quantitative estimate of drug-likeness (QED) is 0.842. The first kappa shape index (κ1) is 16.2. The number of hydrogen-bond acceptors (Lipinski definition) is 5. The summed E-state index contributed by atoms with van der Waals surface area (Å²) in [5, 5.41) is 4.46. The van der Waals surface area contributed by atoms with Crippen molar-refractivity contribution in [3.05, 3.63) is 23.5 Å². The normalized spacial score (nSPS) is 17.7. The standard InChI is InChI=1S/C15H22N4O3S/c1-11-12(2)19-14(16-11)4-5-15(17-19)22-10-13-6-8-18(9-7-13)23(3,20)21/h4-5,13H,6-10H2,1-3H3. The maximum Gasteiger partial charge on any atom is 0.231 e. The Kier molecular flexibility index (Phi) is 4.29. The van der Waals surface area contributed by atoms with Gasteiger partial charge in [-0.25, -0.2) is 22.2 Å². The van der Waals surface area contributed by atoms with E-state index < -0.39 is 10.0 Å². The zero-order valence-corrected chi connectivity index (χ0v) is 14.5. The zero-order valence-electron chi connectivity index (χ0n) is 13.7. The summed E-state index contributed by atoms with van der Waals surface area (Å²) in [5.74, 6) is 0.930. The predicted molar refractivity (Wildman–Crippen MR) is 87.1 cm³/mol. The summed E-state index contributed by atoms with van der Waals surface area (Å²) in [6, 6.07) is 3.72. The molecule has 2 aromatic heterocycles. The molecule has 3 rings (SSSR count). The molecule has 0 unspecified atom stereocenters. The molecule has 8 heteroatoms. The third-order valence-electron chi connectivity index (χ3n) is 4.42. The second kappa shape index (κ2) is 6.09. The lowest BCUT2D eigenvalue weighted by molar-refractivity contribution is 0.180. The lowest BCUT2D eigenvalue weighted by Gasteiger charge is -2.29. The Labute approximate surface area is 136 Å². The highest BCUT2D eigenvalue weighted by Gasteiger charge is 2.25. The smallest absolute Gasteiger partial charge is 0.231 e. The van der Waals surface area contributed by atoms with Gasteiger partial charge in [-0.1, -0.05) is 0 Å². The Balaban J connectivity index is 1.60. The van der Waals surface area contributed by atoms with E-state index in [0.717, 1.165) is 29.9 Å². The van der Waals surface area contributed by atoms with Crippen LogP contribution in [-0.2, 0) is 10.0 Å². The molecule has 1 saturated heterocycles. The van der Waals surface area contributed by atoms with Crippen molar-refractivity contribution in [2.24, 2.45) is 5.92 Å². The average Bonchev–Trinajstić information content (AvgIpc) is 2.80. The van der Waals surface area contributed by atoms with Crippen LogP contribution in [0.25, 0.3) is 5.65 Å². The van der Waals surface area contributed by atoms with Gasteiger partial charge in [0.15, 0.2) is 5.65 Å². The minimum atomic E-state index is -3.07. The van der Waals surface area contributed by atoms with E-state index in [1.165, 1.54) is 10.6 Å². The second-order valence-corrected chi connectivity index (χ2v) is 8.12. The van der Waals surface area contributed by atoms with Crippen molar-refractivity contribution in [2.75, 3.05) is 26.0 Å². The molecule has 23 heavy (non-hydrogen) atoms. The Morgan fingerprint density at radius 1 is 1.26 bits per heavy atom. The number of imidazole rings is 1. The molecule has 0 aromatic carbocycles. The first-order valence-corrected chi connectivity index (χ1v) is 9.60. The Morgan fingerprint density at radius 2 is 1.96 bits per heavy atom. The fraction of sp³-hybridized carbons (Fsp3) is 0.600. The van der Waals surface area contributed by atoms with Gasteiger partial charge in [-0.05, 0) is 38.7 Å². The average molecular weight is 338 g/mol. The van der Waals surface area contributed by atoms with Gasteiger partial charge >= 0.3 is 0 Å². The number of aromatic nitrogens is 3. The fourth-order valence-electron chi connectivity index (χ4n) is 2.82. The van der Waals surface area contributed by atoms with Crippen LogP contribution >= 0.6 is 0 Å². The number of piperidine rings is 1. The van der Waals surface area contributed by atoms with Gasteiger partial charge in [0.05, 0.1) is 24.3 Å². The number of sulfonamides is 1. The van der Waals surface area contributed by atoms with Crippen molar-refractivity contribution in [3.63, 3.8) is 0 Å². The molecule has 2 aromatic rings. The molecule has 126 valence electrons. The van der Waals surface area contributed by atoms with Gasteiger partial charge in [0, 0.05) is 19.2 Å². The minimum absolute atomic E-state index is 0.358. The molecule has 0 atom stereocenters. The molecular weight excluding hydrogens is 316 g/mol. The van der Waals surface area contributed by atoms with E-state index >= 15 is 0 Å². The molecule has 1 fully saturated rings. The van der Waals surface area contributed by atoms with Crippen molar-refractivity contribution in [1.29, 1.82) is 0 Å². The van der Waals surface area contributed by atoms with Gasteiger partial charge in [-0.15, -0.1) is 5.10 Å². The number of fused-ring (bicyclic) bond motifs is 1. The number of ether oxygens (including phenoxy) is 1. The van der Waals surface area contributed by atoms with E-state index in [0.29, 0.717) is 31.5 Å². The van der Waals surface area contributed by atoms with Gasteiger partial charge in [0.2, 0.25) is 15.9 Å². The molecular formula is C15H22N4O3S. The van der Waals surface area contributed by atoms with Crippen molar-refractivity contribution >= 4 is 15.7 Å². The number of rotatable bonds is 4. The van der Waals surface area contributed by atoms with Gasteiger partial charge in [-0.2, -0.15) is 0 Å². The zero-order chi connectivity index (χ0) is 16.6. The lowest BCUT2D eigenvalue weighted by atomic mass is 9.99. The van der Waals surface area contributed by atoms with Crippen molar-refractivity contribution < 1.29 is 13.2 Å². The Morgan fingerprint density at radius 3 is 2.61 bits per heavy atom. The van der Waals surface area contributed by atoms with Crippen LogP contribution in [0.5, 0.6) is 5.88 Å². The van der Waals surface area contributed by atoms with Crippen LogP contribution in [0.1, 0.15) is 24.2 Å². The molecule has 1 aliphatic heterocycles. The molecule has 7 nitrogen and oxygen atoms in total. The monoisotopic (exact) mass is 338 g/mol. The molecule has 0 saturated carbocycles. The van der Waals surface area contributed by atoms with Gasteiger partial charge in [-0.3, -0.25) is 0 Å². The summed E-state index contributed by atoms with van der Waals surface area (Å²) in [7, 11) is -3.07. The van der Waals surface area contributed by atoms with E-state index in [1.807, 2.05) is 26.0 Å². The fourth-order valence-corrected chi connectivity index (χ4v) is 3.70. The molecule has 0 radical (unpaired) electrons. The lowest BCUT2D eigenvalue weighted by Crippen LogP contribution is -2.39. The summed E-state index contributed by atoms with van der Waals surface area (Å²) in [4.78, 5) is 4.42. The van der Waals surface area contributed by atoms with Crippen LogP contribution in [-0.4, -0.2) is 53.3 Å². The molecule has 1 aliphatic rings. The largest absolute Gasteiger partial charge is 0.476 e. The first-order valence-electron chi connectivity index (χ1n) is 7.75. The Bertz CT molecular complexity index is 807. The maximum atomic E-state index is 11.5. The topological polar surface area (TPSA) is 76.8 Å². The number of aryl methyl sites for hydroxylation is 2. The molecule has 0 spiro atoms. The summed E-state index contributed by atoms with van der Waals surface area (Å²) >= 11 is 0. The van der Waals surface area contributed by atoms with E-state index in [4.69, 9.17) is 4.74 Å². The van der Waals surface area contributed by atoms with Crippen LogP contribution in [0.15, 0.2) is 12.1 Å². The highest BCUT2D eigenvalue weighted by atomic mass is 32.2. The third-order valence-corrected chi connectivity index (χ3v) is 5.73. The maximum absolute atomic E-state index is 11.5. The van der Waals surface area contributed by atoms with Crippen LogP contribution < -0.4 is 4.74 Å². The molecule has 0 bridgehead atoms. The minimum Gasteiger partial charge on any atom is -0.476 e. The van der Waals surface area contributed by atoms with Crippen LogP contribution in [0.2, 0.25) is 0 Å². The Hall–Kier alpha value is -1.67. The summed E-state index contributed by atoms with van der Waals surface area (Å²) in [5.41, 5.74) is 2.78. The van der Waals surface area contributed by atoms with Crippen molar-refractivity contribution in [2.45, 2.75) is 26.7 Å². The SMILES string of the molecule is Cc1nc2ccc(OCC3CCN(S(C)(=O)=O)CC3)nn2c1C. The van der Waals surface area contributed by atoms with E-state index in [9.17, 15) is 8.42 Å². The summed E-state index contributed by atoms with van der Waals surface area (Å²) < 4.78 is 32.1. The van der Waals surface area contributed by atoms with Crippen LogP contribution in [0.4, 0.5) is 0 Å². The van der Waals surface area contributed by atoms with E-state index in [1.54, 1.807) is 4.52 Å². The summed E-state index contributed by atoms with van der Waals surface area (Å²) in [6.45, 7) is 5.63. The summed E-state index contributed by atoms with van der Waals surface area (Å²) in [6.07, 6.45) is 2.90. The third kappa shape index (κ3) is 3.48. The number of hydrogen-bond donors (Lipinski definition) is 0. The highest BCUT2D eigenvalue weighted by molar-refractivity contribution is 7.88. The molecule has 0 aliphatic carbocycles. The van der Waals surface area contributed by atoms with Crippen molar-refractivity contribution in [1.82, 2.24) is 18.9 Å². The number of nitrogens with zero attached hydrogens (tertiary/aromatic N) is 4. The van der Waals surface area contributed by atoms with Gasteiger partial charge < -0.3 is 4.74 Å². The van der Waals surface area contributed by atoms with Gasteiger partial charge in [0.25, 0.3) is 0 Å². The van der Waals surface area contributed by atoms with E-state index in [-0.39, 0.29) is 0 Å². The van der Waals surface area contributed by atoms with Crippen molar-refractivity contribution in [3.8, 4) is 5.88 Å². The molecule has 0 N–H and O–H groups in total. The predicted octanol–water partition coefficient (Wildman–Crippen LogP) is 1.40. The van der Waals surface area contributed by atoms with E-state index in [2.05, 4.69) is 10.1 Å². The highest BCUT2D eigenvalue weighted by Crippen LogP contribution is 2.20. The molecule has 0 amide bonds. The van der Waals surface area contributed by atoms with Gasteiger partial charge in [0.1, 0.15) is 0 Å². The second-order valence-electron chi connectivity index (χ2n) is 6.14.